The third-order valence-electron chi connectivity index (χ3n) is 5.20. The van der Waals surface area contributed by atoms with Crippen molar-refractivity contribution in [2.75, 3.05) is 6.61 Å². The molecular formula is C25H27NO3. The first-order chi connectivity index (χ1) is 14.0. The summed E-state index contributed by atoms with van der Waals surface area (Å²) in [4.78, 5) is 29.9. The van der Waals surface area contributed by atoms with Gasteiger partial charge in [0.05, 0.1) is 18.7 Å². The fourth-order valence-corrected chi connectivity index (χ4v) is 3.49. The molecule has 1 aliphatic rings. The minimum absolute atomic E-state index is 0.124. The van der Waals surface area contributed by atoms with Crippen molar-refractivity contribution in [1.82, 2.24) is 0 Å². The number of benzene rings is 2. The molecule has 0 aromatic heterocycles. The van der Waals surface area contributed by atoms with Gasteiger partial charge in [-0.25, -0.2) is 0 Å². The van der Waals surface area contributed by atoms with E-state index in [0.29, 0.717) is 24.3 Å². The number of allylic oxidation sites excluding steroid dienone is 1. The van der Waals surface area contributed by atoms with Crippen molar-refractivity contribution >= 4 is 23.0 Å². The quantitative estimate of drug-likeness (QED) is 0.495. The van der Waals surface area contributed by atoms with Crippen LogP contribution in [0.1, 0.15) is 53.2 Å². The molecule has 0 saturated carbocycles. The smallest absolute Gasteiger partial charge is 0.306 e. The highest BCUT2D eigenvalue weighted by Gasteiger charge is 2.28. The summed E-state index contributed by atoms with van der Waals surface area (Å²) >= 11 is 0. The Kier molecular flexibility index (Phi) is 6.76. The highest BCUT2D eigenvalue weighted by atomic mass is 16.5. The van der Waals surface area contributed by atoms with Gasteiger partial charge in [0, 0.05) is 17.7 Å². The summed E-state index contributed by atoms with van der Waals surface area (Å²) in [7, 11) is 0. The molecule has 29 heavy (non-hydrogen) atoms. The van der Waals surface area contributed by atoms with Crippen molar-refractivity contribution < 1.29 is 14.3 Å². The predicted octanol–water partition coefficient (Wildman–Crippen LogP) is 5.33. The molecule has 0 aliphatic carbocycles. The van der Waals surface area contributed by atoms with Gasteiger partial charge >= 0.3 is 5.97 Å². The maximum atomic E-state index is 13.2. The molecule has 1 atom stereocenters. The van der Waals surface area contributed by atoms with Crippen LogP contribution in [-0.4, -0.2) is 24.1 Å². The first kappa shape index (κ1) is 20.7. The second-order valence-corrected chi connectivity index (χ2v) is 7.47. The fraction of sp³-hybridized carbons (Fsp3) is 0.320. The second-order valence-electron chi connectivity index (χ2n) is 7.47. The Bertz CT molecular complexity index is 937. The summed E-state index contributed by atoms with van der Waals surface area (Å²) in [6.45, 7) is 6.15. The molecule has 0 bridgehead atoms. The minimum Gasteiger partial charge on any atom is -0.466 e. The van der Waals surface area contributed by atoms with E-state index in [1.807, 2.05) is 31.2 Å². The Balaban J connectivity index is 1.93. The third-order valence-corrected chi connectivity index (χ3v) is 5.20. The van der Waals surface area contributed by atoms with Crippen molar-refractivity contribution in [3.8, 4) is 0 Å². The number of Topliss-reactive ketones (excluding diaryl/α,β-unsaturated/α-hetero) is 1. The number of hydrogen-bond donors (Lipinski definition) is 0. The van der Waals surface area contributed by atoms with Crippen molar-refractivity contribution in [3.63, 3.8) is 0 Å². The second kappa shape index (κ2) is 9.46. The molecular weight excluding hydrogens is 362 g/mol. The molecule has 1 heterocycles. The van der Waals surface area contributed by atoms with Gasteiger partial charge in [0.15, 0.2) is 0 Å². The van der Waals surface area contributed by atoms with Crippen LogP contribution in [0, 0.1) is 19.8 Å². The van der Waals surface area contributed by atoms with E-state index < -0.39 is 0 Å². The average molecular weight is 389 g/mol. The summed E-state index contributed by atoms with van der Waals surface area (Å²) in [6.07, 6.45) is 3.38. The predicted molar refractivity (Wildman–Crippen MR) is 116 cm³/mol. The standard InChI is InChI=1S/C25H27NO3/c1-4-29-23(27)15-21-13-14-22(19-9-5-17(2)6-10-19)16-26-24(21)25(28)20-11-7-18(3)8-12-20/h5-12,16,21H,4,13-15H2,1-3H3. The van der Waals surface area contributed by atoms with E-state index in [0.717, 1.165) is 23.1 Å². The van der Waals surface area contributed by atoms with Gasteiger partial charge in [-0.3, -0.25) is 14.6 Å². The van der Waals surface area contributed by atoms with Gasteiger partial charge in [0.25, 0.3) is 0 Å². The molecule has 0 N–H and O–H groups in total. The highest BCUT2D eigenvalue weighted by molar-refractivity contribution is 6.47. The van der Waals surface area contributed by atoms with Crippen LogP contribution in [0.2, 0.25) is 0 Å². The minimum atomic E-state index is -0.291. The number of rotatable bonds is 6. The summed E-state index contributed by atoms with van der Waals surface area (Å²) in [6, 6.07) is 15.7. The normalized spacial score (nSPS) is 16.4. The fourth-order valence-electron chi connectivity index (χ4n) is 3.49. The average Bonchev–Trinajstić information content (AvgIpc) is 2.91. The summed E-state index contributed by atoms with van der Waals surface area (Å²) in [5, 5.41) is 0. The summed E-state index contributed by atoms with van der Waals surface area (Å²) in [5.74, 6) is -0.677. The van der Waals surface area contributed by atoms with E-state index in [-0.39, 0.29) is 24.1 Å². The Morgan fingerprint density at radius 3 is 2.24 bits per heavy atom. The first-order valence-electron chi connectivity index (χ1n) is 10.1. The van der Waals surface area contributed by atoms with Crippen LogP contribution < -0.4 is 0 Å². The van der Waals surface area contributed by atoms with E-state index in [2.05, 4.69) is 36.2 Å². The molecule has 1 aliphatic heterocycles. The molecule has 0 spiro atoms. The van der Waals surface area contributed by atoms with Crippen LogP contribution in [0.15, 0.2) is 59.7 Å². The molecule has 1 unspecified atom stereocenters. The zero-order chi connectivity index (χ0) is 20.8. The number of nitrogens with zero attached hydrogens (tertiary/aromatic N) is 1. The molecule has 2 aromatic rings. The van der Waals surface area contributed by atoms with Crippen LogP contribution in [-0.2, 0) is 9.53 Å². The number of esters is 1. The Hall–Kier alpha value is -3.01. The maximum absolute atomic E-state index is 13.2. The van der Waals surface area contributed by atoms with Crippen LogP contribution in [0.5, 0.6) is 0 Å². The molecule has 0 radical (unpaired) electrons. The van der Waals surface area contributed by atoms with Gasteiger partial charge in [-0.1, -0.05) is 59.7 Å². The first-order valence-corrected chi connectivity index (χ1v) is 10.1. The van der Waals surface area contributed by atoms with E-state index in [4.69, 9.17) is 4.74 Å². The molecule has 4 nitrogen and oxygen atoms in total. The van der Waals surface area contributed by atoms with Gasteiger partial charge in [0.1, 0.15) is 0 Å². The molecule has 4 heteroatoms. The number of aliphatic imine (C=N–C) groups is 1. The summed E-state index contributed by atoms with van der Waals surface area (Å²) in [5.41, 5.74) is 5.49. The number of carbonyl (C=O) groups is 2. The molecule has 2 aromatic carbocycles. The lowest BCUT2D eigenvalue weighted by atomic mass is 9.88. The van der Waals surface area contributed by atoms with E-state index >= 15 is 0 Å². The van der Waals surface area contributed by atoms with Gasteiger partial charge in [-0.05, 0) is 44.7 Å². The van der Waals surface area contributed by atoms with Crippen LogP contribution in [0.3, 0.4) is 0 Å². The van der Waals surface area contributed by atoms with Gasteiger partial charge in [0.2, 0.25) is 5.78 Å². The van der Waals surface area contributed by atoms with Gasteiger partial charge < -0.3 is 4.74 Å². The third kappa shape index (κ3) is 5.29. The lowest BCUT2D eigenvalue weighted by Crippen LogP contribution is -2.26. The van der Waals surface area contributed by atoms with Crippen molar-refractivity contribution in [3.05, 3.63) is 77.0 Å². The number of carbonyl (C=O) groups excluding carboxylic acids is 2. The van der Waals surface area contributed by atoms with Gasteiger partial charge in [-0.15, -0.1) is 0 Å². The zero-order valence-corrected chi connectivity index (χ0v) is 17.3. The SMILES string of the molecule is CCOC(=O)CC1CCC(c2ccc(C)cc2)=CN=C1C(=O)c1ccc(C)cc1. The molecule has 150 valence electrons. The van der Waals surface area contributed by atoms with E-state index in [1.165, 1.54) is 5.56 Å². The monoisotopic (exact) mass is 389 g/mol. The number of ketones is 1. The Labute approximate surface area is 172 Å². The maximum Gasteiger partial charge on any atom is 0.306 e. The van der Waals surface area contributed by atoms with Crippen molar-refractivity contribution in [2.45, 2.75) is 40.0 Å². The molecule has 0 fully saturated rings. The lowest BCUT2D eigenvalue weighted by Gasteiger charge is -2.16. The van der Waals surface area contributed by atoms with Gasteiger partial charge in [-0.2, -0.15) is 0 Å². The molecule has 3 rings (SSSR count). The summed E-state index contributed by atoms with van der Waals surface area (Å²) < 4.78 is 5.14. The number of hydrogen-bond acceptors (Lipinski definition) is 4. The largest absolute Gasteiger partial charge is 0.466 e. The Morgan fingerprint density at radius 1 is 1.00 bits per heavy atom. The van der Waals surface area contributed by atoms with E-state index in [1.54, 1.807) is 13.1 Å². The van der Waals surface area contributed by atoms with Crippen LogP contribution in [0.4, 0.5) is 0 Å². The van der Waals surface area contributed by atoms with E-state index in [9.17, 15) is 9.59 Å². The van der Waals surface area contributed by atoms with Crippen LogP contribution in [0.25, 0.3) is 5.57 Å². The van der Waals surface area contributed by atoms with Crippen LogP contribution >= 0.6 is 0 Å². The highest BCUT2D eigenvalue weighted by Crippen LogP contribution is 2.29. The lowest BCUT2D eigenvalue weighted by molar-refractivity contribution is -0.143. The number of ether oxygens (including phenoxy) is 1. The zero-order valence-electron chi connectivity index (χ0n) is 17.3. The number of aryl methyl sites for hydroxylation is 2. The molecule has 0 saturated heterocycles. The van der Waals surface area contributed by atoms with Crippen molar-refractivity contribution in [2.24, 2.45) is 10.9 Å². The van der Waals surface area contributed by atoms with Crippen molar-refractivity contribution in [1.29, 1.82) is 0 Å². The topological polar surface area (TPSA) is 55.7 Å². The Morgan fingerprint density at radius 2 is 1.62 bits per heavy atom. The molecule has 0 amide bonds.